The molecule has 1 atom stereocenters. The Morgan fingerprint density at radius 3 is 2.58 bits per heavy atom. The number of likely N-dealkylation sites (N-methyl/N-ethyl adjacent to an activating group) is 1. The van der Waals surface area contributed by atoms with Crippen molar-refractivity contribution in [2.45, 2.75) is 39.2 Å². The van der Waals surface area contributed by atoms with Crippen molar-refractivity contribution in [3.63, 3.8) is 0 Å². The Morgan fingerprint density at radius 2 is 1.83 bits per heavy atom. The standard InChI is InChI=1S/C21H26N2O/c1-15-8-6-9-16(2)21(15)22-20(24)14-23(3)19-13-7-11-17-10-4-5-12-18(17)19/h4-6,8-10,12,19H,7,11,13-14H2,1-3H3,(H,22,24). The van der Waals surface area contributed by atoms with Crippen molar-refractivity contribution in [3.05, 3.63) is 64.7 Å². The lowest BCUT2D eigenvalue weighted by Gasteiger charge is -2.33. The lowest BCUT2D eigenvalue weighted by atomic mass is 9.87. The molecule has 2 aromatic carbocycles. The molecule has 0 radical (unpaired) electrons. The van der Waals surface area contributed by atoms with E-state index in [0.29, 0.717) is 12.6 Å². The number of carbonyl (C=O) groups excluding carboxylic acids is 1. The number of fused-ring (bicyclic) bond motifs is 1. The van der Waals surface area contributed by atoms with Crippen LogP contribution in [0.2, 0.25) is 0 Å². The average Bonchev–Trinajstić information content (AvgIpc) is 2.57. The molecule has 1 aliphatic carbocycles. The molecule has 0 bridgehead atoms. The molecular formula is C21H26N2O. The molecule has 3 nitrogen and oxygen atoms in total. The fraction of sp³-hybridized carbons (Fsp3) is 0.381. The molecule has 0 saturated heterocycles. The fourth-order valence-corrected chi connectivity index (χ4v) is 3.71. The second-order valence-electron chi connectivity index (χ2n) is 6.84. The van der Waals surface area contributed by atoms with Crippen LogP contribution in [0.4, 0.5) is 5.69 Å². The summed E-state index contributed by atoms with van der Waals surface area (Å²) in [7, 11) is 2.05. The first-order chi connectivity index (χ1) is 11.6. The number of carbonyl (C=O) groups is 1. The number of amides is 1. The van der Waals surface area contributed by atoms with Crippen molar-refractivity contribution in [2.24, 2.45) is 0 Å². The van der Waals surface area contributed by atoms with Crippen LogP contribution < -0.4 is 5.32 Å². The number of rotatable bonds is 4. The maximum atomic E-state index is 12.5. The molecule has 0 heterocycles. The number of aryl methyl sites for hydroxylation is 3. The van der Waals surface area contributed by atoms with Gasteiger partial charge in [0.2, 0.25) is 5.91 Å². The zero-order valence-corrected chi connectivity index (χ0v) is 14.8. The van der Waals surface area contributed by atoms with Gasteiger partial charge in [-0.25, -0.2) is 0 Å². The second kappa shape index (κ2) is 7.18. The summed E-state index contributed by atoms with van der Waals surface area (Å²) >= 11 is 0. The summed E-state index contributed by atoms with van der Waals surface area (Å²) < 4.78 is 0. The molecule has 2 aromatic rings. The highest BCUT2D eigenvalue weighted by molar-refractivity contribution is 5.93. The number of nitrogens with zero attached hydrogens (tertiary/aromatic N) is 1. The predicted octanol–water partition coefficient (Wildman–Crippen LogP) is 4.25. The molecule has 1 aliphatic rings. The van der Waals surface area contributed by atoms with Crippen molar-refractivity contribution >= 4 is 11.6 Å². The van der Waals surface area contributed by atoms with E-state index >= 15 is 0 Å². The summed E-state index contributed by atoms with van der Waals surface area (Å²) in [6.07, 6.45) is 3.45. The van der Waals surface area contributed by atoms with Crippen LogP contribution in [-0.4, -0.2) is 24.4 Å². The first kappa shape index (κ1) is 16.7. The van der Waals surface area contributed by atoms with Crippen LogP contribution in [-0.2, 0) is 11.2 Å². The number of benzene rings is 2. The van der Waals surface area contributed by atoms with E-state index in [1.54, 1.807) is 0 Å². The van der Waals surface area contributed by atoms with Crippen LogP contribution in [0.15, 0.2) is 42.5 Å². The number of anilines is 1. The molecule has 1 amide bonds. The van der Waals surface area contributed by atoms with Gasteiger partial charge in [0.1, 0.15) is 0 Å². The highest BCUT2D eigenvalue weighted by Crippen LogP contribution is 2.33. The van der Waals surface area contributed by atoms with Crippen LogP contribution in [0.25, 0.3) is 0 Å². The van der Waals surface area contributed by atoms with E-state index in [1.165, 1.54) is 17.5 Å². The summed E-state index contributed by atoms with van der Waals surface area (Å²) in [5.74, 6) is 0.0537. The highest BCUT2D eigenvalue weighted by Gasteiger charge is 2.24. The lowest BCUT2D eigenvalue weighted by molar-refractivity contribution is -0.117. The maximum absolute atomic E-state index is 12.5. The minimum atomic E-state index is 0.0537. The Bertz CT molecular complexity index is 718. The lowest BCUT2D eigenvalue weighted by Crippen LogP contribution is -2.35. The van der Waals surface area contributed by atoms with Crippen LogP contribution in [0, 0.1) is 13.8 Å². The molecule has 0 fully saturated rings. The normalized spacial score (nSPS) is 16.8. The molecule has 1 unspecified atom stereocenters. The first-order valence-corrected chi connectivity index (χ1v) is 8.70. The van der Waals surface area contributed by atoms with Gasteiger partial charge in [-0.15, -0.1) is 0 Å². The smallest absolute Gasteiger partial charge is 0.238 e. The Hall–Kier alpha value is -2.13. The first-order valence-electron chi connectivity index (χ1n) is 8.70. The van der Waals surface area contributed by atoms with E-state index in [9.17, 15) is 4.79 Å². The van der Waals surface area contributed by atoms with Crippen LogP contribution >= 0.6 is 0 Å². The summed E-state index contributed by atoms with van der Waals surface area (Å²) in [4.78, 5) is 14.7. The molecule has 0 spiro atoms. The molecule has 24 heavy (non-hydrogen) atoms. The minimum absolute atomic E-state index is 0.0537. The van der Waals surface area contributed by atoms with Crippen molar-refractivity contribution < 1.29 is 4.79 Å². The van der Waals surface area contributed by atoms with Crippen molar-refractivity contribution in [1.82, 2.24) is 4.90 Å². The average molecular weight is 322 g/mol. The third-order valence-electron chi connectivity index (χ3n) is 5.01. The van der Waals surface area contributed by atoms with Crippen LogP contribution in [0.5, 0.6) is 0 Å². The number of hydrogen-bond acceptors (Lipinski definition) is 2. The quantitative estimate of drug-likeness (QED) is 0.912. The zero-order chi connectivity index (χ0) is 17.1. The molecule has 0 aliphatic heterocycles. The Balaban J connectivity index is 1.69. The molecule has 1 N–H and O–H groups in total. The van der Waals surface area contributed by atoms with Crippen molar-refractivity contribution in [1.29, 1.82) is 0 Å². The van der Waals surface area contributed by atoms with Crippen LogP contribution in [0.1, 0.15) is 41.1 Å². The molecule has 3 heteroatoms. The topological polar surface area (TPSA) is 32.3 Å². The van der Waals surface area contributed by atoms with Gasteiger partial charge in [-0.1, -0.05) is 42.5 Å². The van der Waals surface area contributed by atoms with Gasteiger partial charge in [0.05, 0.1) is 6.54 Å². The monoisotopic (exact) mass is 322 g/mol. The van der Waals surface area contributed by atoms with E-state index in [2.05, 4.69) is 41.5 Å². The number of nitrogens with one attached hydrogen (secondary N) is 1. The molecular weight excluding hydrogens is 296 g/mol. The summed E-state index contributed by atoms with van der Waals surface area (Å²) in [6, 6.07) is 15.0. The predicted molar refractivity (Wildman–Crippen MR) is 99.3 cm³/mol. The van der Waals surface area contributed by atoms with Gasteiger partial charge >= 0.3 is 0 Å². The highest BCUT2D eigenvalue weighted by atomic mass is 16.2. The summed E-state index contributed by atoms with van der Waals surface area (Å²) in [5.41, 5.74) is 5.96. The van der Waals surface area contributed by atoms with E-state index in [-0.39, 0.29) is 5.91 Å². The van der Waals surface area contributed by atoms with Gasteiger partial charge < -0.3 is 5.32 Å². The van der Waals surface area contributed by atoms with E-state index in [1.807, 2.05) is 32.0 Å². The molecule has 0 aromatic heterocycles. The third kappa shape index (κ3) is 3.51. The third-order valence-corrected chi connectivity index (χ3v) is 5.01. The Morgan fingerprint density at radius 1 is 1.12 bits per heavy atom. The second-order valence-corrected chi connectivity index (χ2v) is 6.84. The van der Waals surface area contributed by atoms with Gasteiger partial charge in [-0.3, -0.25) is 9.69 Å². The van der Waals surface area contributed by atoms with Gasteiger partial charge in [0.15, 0.2) is 0 Å². The van der Waals surface area contributed by atoms with E-state index in [0.717, 1.165) is 29.7 Å². The van der Waals surface area contributed by atoms with Crippen molar-refractivity contribution in [3.8, 4) is 0 Å². The number of para-hydroxylation sites is 1. The Labute approximate surface area is 144 Å². The minimum Gasteiger partial charge on any atom is -0.324 e. The van der Waals surface area contributed by atoms with Crippen LogP contribution in [0.3, 0.4) is 0 Å². The molecule has 0 saturated carbocycles. The van der Waals surface area contributed by atoms with E-state index < -0.39 is 0 Å². The number of hydrogen-bond donors (Lipinski definition) is 1. The van der Waals surface area contributed by atoms with Gasteiger partial charge in [-0.05, 0) is 62.4 Å². The molecule has 3 rings (SSSR count). The van der Waals surface area contributed by atoms with Gasteiger partial charge in [0.25, 0.3) is 0 Å². The maximum Gasteiger partial charge on any atom is 0.238 e. The SMILES string of the molecule is Cc1cccc(C)c1NC(=O)CN(C)C1CCCc2ccccc21. The fourth-order valence-electron chi connectivity index (χ4n) is 3.71. The molecule has 126 valence electrons. The summed E-state index contributed by atoms with van der Waals surface area (Å²) in [6.45, 7) is 4.47. The van der Waals surface area contributed by atoms with Crippen molar-refractivity contribution in [2.75, 3.05) is 18.9 Å². The van der Waals surface area contributed by atoms with E-state index in [4.69, 9.17) is 0 Å². The largest absolute Gasteiger partial charge is 0.324 e. The van der Waals surface area contributed by atoms with Gasteiger partial charge in [-0.2, -0.15) is 0 Å². The Kier molecular flexibility index (Phi) is 5.00. The summed E-state index contributed by atoms with van der Waals surface area (Å²) in [5, 5.41) is 3.09. The zero-order valence-electron chi connectivity index (χ0n) is 14.8. The van der Waals surface area contributed by atoms with Gasteiger partial charge in [0, 0.05) is 11.7 Å².